The lowest BCUT2D eigenvalue weighted by Gasteiger charge is -1.91. The van der Waals surface area contributed by atoms with E-state index in [0.29, 0.717) is 22.3 Å². The number of aryl methyl sites for hydroxylation is 1. The van der Waals surface area contributed by atoms with Gasteiger partial charge in [0.05, 0.1) is 12.7 Å². The molecule has 0 spiro atoms. The molecule has 84 valence electrons. The van der Waals surface area contributed by atoms with Gasteiger partial charge in [-0.1, -0.05) is 11.6 Å². The van der Waals surface area contributed by atoms with Crippen LogP contribution in [0.25, 0.3) is 10.8 Å². The highest BCUT2D eigenvalue weighted by molar-refractivity contribution is 7.15. The Kier molecular flexibility index (Phi) is 3.26. The van der Waals surface area contributed by atoms with E-state index < -0.39 is 5.97 Å². The maximum atomic E-state index is 10.4. The van der Waals surface area contributed by atoms with E-state index in [1.54, 1.807) is 18.4 Å². The predicted octanol–water partition coefficient (Wildman–Crippen LogP) is 3.07. The number of hydrogen-bond acceptors (Lipinski definition) is 4. The molecule has 2 heterocycles. The molecule has 2 rings (SSSR count). The average molecular weight is 258 g/mol. The first kappa shape index (κ1) is 11.2. The second-order valence-electron chi connectivity index (χ2n) is 3.10. The van der Waals surface area contributed by atoms with E-state index in [-0.39, 0.29) is 6.42 Å². The average Bonchev–Trinajstić information content (AvgIpc) is 2.83. The van der Waals surface area contributed by atoms with Gasteiger partial charge in [0.15, 0.2) is 10.8 Å². The van der Waals surface area contributed by atoms with Gasteiger partial charge >= 0.3 is 5.97 Å². The third-order valence-corrected chi connectivity index (χ3v) is 3.50. The highest BCUT2D eigenvalue weighted by atomic mass is 35.5. The molecular weight excluding hydrogens is 250 g/mol. The quantitative estimate of drug-likeness (QED) is 0.914. The first-order valence-electron chi connectivity index (χ1n) is 4.57. The predicted molar refractivity (Wildman–Crippen MR) is 60.8 cm³/mol. The van der Waals surface area contributed by atoms with Crippen LogP contribution in [0.4, 0.5) is 0 Å². The van der Waals surface area contributed by atoms with Crippen molar-refractivity contribution in [2.45, 2.75) is 12.8 Å². The zero-order chi connectivity index (χ0) is 11.5. The van der Waals surface area contributed by atoms with E-state index in [1.165, 1.54) is 11.3 Å². The number of aromatic nitrogens is 1. The molecule has 2 aromatic rings. The number of hydrogen-bond donors (Lipinski definition) is 1. The van der Waals surface area contributed by atoms with Crippen molar-refractivity contribution in [2.24, 2.45) is 0 Å². The van der Waals surface area contributed by atoms with Crippen LogP contribution in [-0.4, -0.2) is 16.1 Å². The van der Waals surface area contributed by atoms with Crippen LogP contribution in [-0.2, 0) is 11.2 Å². The van der Waals surface area contributed by atoms with Gasteiger partial charge in [-0.15, -0.1) is 11.3 Å². The van der Waals surface area contributed by atoms with Crippen molar-refractivity contribution in [3.05, 3.63) is 28.4 Å². The summed E-state index contributed by atoms with van der Waals surface area (Å²) in [6.45, 7) is 0. The second-order valence-corrected chi connectivity index (χ2v) is 4.55. The molecule has 4 nitrogen and oxygen atoms in total. The minimum absolute atomic E-state index is 0.0551. The molecule has 0 radical (unpaired) electrons. The second kappa shape index (κ2) is 4.67. The van der Waals surface area contributed by atoms with Crippen molar-refractivity contribution in [3.63, 3.8) is 0 Å². The molecule has 2 aromatic heterocycles. The number of nitrogens with zero attached hydrogens (tertiary/aromatic N) is 1. The summed E-state index contributed by atoms with van der Waals surface area (Å²) in [5.41, 5.74) is 0. The van der Waals surface area contributed by atoms with Crippen molar-refractivity contribution < 1.29 is 14.3 Å². The van der Waals surface area contributed by atoms with Gasteiger partial charge in [0, 0.05) is 4.88 Å². The van der Waals surface area contributed by atoms with Crippen LogP contribution in [0.2, 0.25) is 5.15 Å². The highest BCUT2D eigenvalue weighted by Gasteiger charge is 2.13. The lowest BCUT2D eigenvalue weighted by Crippen LogP contribution is -1.96. The fourth-order valence-electron chi connectivity index (χ4n) is 1.21. The van der Waals surface area contributed by atoms with Crippen LogP contribution in [0.1, 0.15) is 11.3 Å². The molecule has 1 N–H and O–H groups in total. The Morgan fingerprint density at radius 2 is 2.44 bits per heavy atom. The zero-order valence-electron chi connectivity index (χ0n) is 8.14. The van der Waals surface area contributed by atoms with Gasteiger partial charge in [-0.3, -0.25) is 4.79 Å². The van der Waals surface area contributed by atoms with Crippen LogP contribution in [0, 0.1) is 0 Å². The van der Waals surface area contributed by atoms with Gasteiger partial charge in [0.25, 0.3) is 0 Å². The van der Waals surface area contributed by atoms with Gasteiger partial charge in [-0.25, -0.2) is 4.98 Å². The minimum atomic E-state index is -0.844. The molecular formula is C10H8ClNO3S. The Morgan fingerprint density at radius 1 is 1.62 bits per heavy atom. The standard InChI is InChI=1S/C10H8ClNO3S/c11-9-7(3-4-8(13)14)16-10(12-9)6-2-1-5-15-6/h1-2,5H,3-4H2,(H,13,14). The summed E-state index contributed by atoms with van der Waals surface area (Å²) < 4.78 is 5.19. The first-order chi connectivity index (χ1) is 7.66. The molecule has 0 fully saturated rings. The smallest absolute Gasteiger partial charge is 0.303 e. The van der Waals surface area contributed by atoms with Crippen LogP contribution in [0.15, 0.2) is 22.8 Å². The molecule has 0 bridgehead atoms. The van der Waals surface area contributed by atoms with Gasteiger partial charge < -0.3 is 9.52 Å². The highest BCUT2D eigenvalue weighted by Crippen LogP contribution is 2.31. The third kappa shape index (κ3) is 2.43. The summed E-state index contributed by atoms with van der Waals surface area (Å²) >= 11 is 7.27. The van der Waals surface area contributed by atoms with Crippen molar-refractivity contribution >= 4 is 28.9 Å². The van der Waals surface area contributed by atoms with E-state index in [2.05, 4.69) is 4.98 Å². The summed E-state index contributed by atoms with van der Waals surface area (Å²) in [5.74, 6) is -0.197. The molecule has 0 atom stereocenters. The van der Waals surface area contributed by atoms with Crippen molar-refractivity contribution in [2.75, 3.05) is 0 Å². The Morgan fingerprint density at radius 3 is 3.06 bits per heavy atom. The number of furan rings is 1. The molecule has 0 aromatic carbocycles. The molecule has 0 aliphatic rings. The molecule has 0 unspecified atom stereocenters. The summed E-state index contributed by atoms with van der Waals surface area (Å²) in [4.78, 5) is 15.3. The summed E-state index contributed by atoms with van der Waals surface area (Å²) in [6, 6.07) is 3.55. The Balaban J connectivity index is 2.19. The Labute approximate surface area is 100 Å². The summed E-state index contributed by atoms with van der Waals surface area (Å²) in [6.07, 6.45) is 2.01. The molecule has 0 saturated heterocycles. The summed E-state index contributed by atoms with van der Waals surface area (Å²) in [7, 11) is 0. The maximum absolute atomic E-state index is 10.4. The molecule has 0 amide bonds. The lowest BCUT2D eigenvalue weighted by atomic mass is 10.3. The number of carbonyl (C=O) groups is 1. The van der Waals surface area contributed by atoms with Crippen molar-refractivity contribution in [1.82, 2.24) is 4.98 Å². The van der Waals surface area contributed by atoms with E-state index in [9.17, 15) is 4.79 Å². The van der Waals surface area contributed by atoms with Gasteiger partial charge in [-0.2, -0.15) is 0 Å². The Hall–Kier alpha value is -1.33. The van der Waals surface area contributed by atoms with E-state index in [4.69, 9.17) is 21.1 Å². The number of carboxylic acids is 1. The van der Waals surface area contributed by atoms with Gasteiger partial charge in [-0.05, 0) is 18.6 Å². The van der Waals surface area contributed by atoms with Crippen LogP contribution < -0.4 is 0 Å². The number of thiazole rings is 1. The number of halogens is 1. The SMILES string of the molecule is O=C(O)CCc1sc(-c2ccco2)nc1Cl. The van der Waals surface area contributed by atoms with E-state index in [1.807, 2.05) is 0 Å². The zero-order valence-corrected chi connectivity index (χ0v) is 9.72. The molecule has 16 heavy (non-hydrogen) atoms. The van der Waals surface area contributed by atoms with Crippen molar-refractivity contribution in [1.29, 1.82) is 0 Å². The monoisotopic (exact) mass is 257 g/mol. The number of carboxylic acid groups (broad SMARTS) is 1. The minimum Gasteiger partial charge on any atom is -0.481 e. The molecule has 0 saturated carbocycles. The van der Waals surface area contributed by atoms with Crippen LogP contribution in [0.5, 0.6) is 0 Å². The Bertz CT molecular complexity index is 492. The van der Waals surface area contributed by atoms with E-state index in [0.717, 1.165) is 4.88 Å². The van der Waals surface area contributed by atoms with Gasteiger partial charge in [0.1, 0.15) is 5.15 Å². The van der Waals surface area contributed by atoms with E-state index >= 15 is 0 Å². The summed E-state index contributed by atoms with van der Waals surface area (Å²) in [5, 5.41) is 9.61. The normalized spacial score (nSPS) is 10.6. The number of rotatable bonds is 4. The van der Waals surface area contributed by atoms with Crippen LogP contribution in [0.3, 0.4) is 0 Å². The topological polar surface area (TPSA) is 63.3 Å². The molecule has 0 aliphatic carbocycles. The van der Waals surface area contributed by atoms with Gasteiger partial charge in [0.2, 0.25) is 0 Å². The fraction of sp³-hybridized carbons (Fsp3) is 0.200. The third-order valence-electron chi connectivity index (χ3n) is 1.95. The number of aliphatic carboxylic acids is 1. The molecule has 0 aliphatic heterocycles. The lowest BCUT2D eigenvalue weighted by molar-refractivity contribution is -0.136. The van der Waals surface area contributed by atoms with Crippen molar-refractivity contribution in [3.8, 4) is 10.8 Å². The van der Waals surface area contributed by atoms with Crippen LogP contribution >= 0.6 is 22.9 Å². The molecule has 6 heteroatoms. The maximum Gasteiger partial charge on any atom is 0.303 e. The largest absolute Gasteiger partial charge is 0.481 e. The fourth-order valence-corrected chi connectivity index (χ4v) is 2.48. The first-order valence-corrected chi connectivity index (χ1v) is 5.77.